The van der Waals surface area contributed by atoms with Crippen LogP contribution in [0.1, 0.15) is 6.42 Å². The van der Waals surface area contributed by atoms with Gasteiger partial charge in [0.05, 0.1) is 10.7 Å². The summed E-state index contributed by atoms with van der Waals surface area (Å²) >= 11 is 6.11. The van der Waals surface area contributed by atoms with Crippen LogP contribution in [0.3, 0.4) is 0 Å². The Morgan fingerprint density at radius 3 is 3.27 bits per heavy atom. The topological polar surface area (TPSA) is 28.2 Å². The molecule has 0 aromatic carbocycles. The molecule has 15 heavy (non-hydrogen) atoms. The lowest BCUT2D eigenvalue weighted by molar-refractivity contribution is 0.549. The third-order valence-corrected chi connectivity index (χ3v) is 3.16. The van der Waals surface area contributed by atoms with Gasteiger partial charge in [0.25, 0.3) is 0 Å². The second-order valence-electron chi connectivity index (χ2n) is 3.99. The Morgan fingerprint density at radius 2 is 2.53 bits per heavy atom. The van der Waals surface area contributed by atoms with Gasteiger partial charge in [0.2, 0.25) is 0 Å². The maximum absolute atomic E-state index is 6.11. The summed E-state index contributed by atoms with van der Waals surface area (Å²) in [7, 11) is 2.00. The molecule has 1 aromatic heterocycles. The van der Waals surface area contributed by atoms with Gasteiger partial charge in [0.15, 0.2) is 0 Å². The van der Waals surface area contributed by atoms with Crippen LogP contribution in [-0.4, -0.2) is 31.7 Å². The van der Waals surface area contributed by atoms with Crippen LogP contribution < -0.4 is 10.2 Å². The fraction of sp³-hybridized carbons (Fsp3) is 0.545. The molecule has 1 fully saturated rings. The monoisotopic (exact) mass is 225 g/mol. The molecule has 0 aliphatic carbocycles. The van der Waals surface area contributed by atoms with Crippen molar-refractivity contribution in [1.29, 1.82) is 0 Å². The minimum Gasteiger partial charge on any atom is -0.370 e. The smallest absolute Gasteiger partial charge is 0.0822 e. The van der Waals surface area contributed by atoms with E-state index in [2.05, 4.69) is 15.2 Å². The first-order chi connectivity index (χ1) is 7.31. The highest BCUT2D eigenvalue weighted by atomic mass is 35.5. The van der Waals surface area contributed by atoms with Gasteiger partial charge in [-0.3, -0.25) is 4.98 Å². The summed E-state index contributed by atoms with van der Waals surface area (Å²) in [6, 6.07) is 1.99. The van der Waals surface area contributed by atoms with E-state index in [1.807, 2.05) is 13.1 Å². The zero-order valence-electron chi connectivity index (χ0n) is 8.91. The van der Waals surface area contributed by atoms with E-state index < -0.39 is 0 Å². The van der Waals surface area contributed by atoms with E-state index in [0.29, 0.717) is 0 Å². The lowest BCUT2D eigenvalue weighted by Gasteiger charge is -2.19. The molecule has 1 aromatic rings. The fourth-order valence-electron chi connectivity index (χ4n) is 2.13. The van der Waals surface area contributed by atoms with E-state index in [-0.39, 0.29) is 0 Å². The molecule has 1 atom stereocenters. The molecule has 0 bridgehead atoms. The SMILES string of the molecule is CNCC1CCN(c2ccncc2Cl)C1. The third-order valence-electron chi connectivity index (χ3n) is 2.87. The second-order valence-corrected chi connectivity index (χ2v) is 4.39. The minimum absolute atomic E-state index is 0.735. The average Bonchev–Trinajstić information content (AvgIpc) is 2.68. The number of rotatable bonds is 3. The van der Waals surface area contributed by atoms with Gasteiger partial charge in [-0.2, -0.15) is 0 Å². The first kappa shape index (κ1) is 10.7. The van der Waals surface area contributed by atoms with Crippen LogP contribution in [0.25, 0.3) is 0 Å². The number of aromatic nitrogens is 1. The molecule has 1 aliphatic heterocycles. The number of hydrogen-bond acceptors (Lipinski definition) is 3. The fourth-order valence-corrected chi connectivity index (χ4v) is 2.37. The Bertz CT molecular complexity index is 329. The minimum atomic E-state index is 0.735. The lowest BCUT2D eigenvalue weighted by atomic mass is 10.1. The van der Waals surface area contributed by atoms with Crippen molar-refractivity contribution >= 4 is 17.3 Å². The van der Waals surface area contributed by atoms with E-state index in [1.165, 1.54) is 6.42 Å². The van der Waals surface area contributed by atoms with Crippen molar-refractivity contribution in [2.24, 2.45) is 5.92 Å². The van der Waals surface area contributed by atoms with Gasteiger partial charge >= 0.3 is 0 Å². The number of nitrogens with zero attached hydrogens (tertiary/aromatic N) is 2. The normalized spacial score (nSPS) is 20.9. The Hall–Kier alpha value is -0.800. The van der Waals surface area contributed by atoms with Crippen LogP contribution in [0.2, 0.25) is 5.02 Å². The van der Waals surface area contributed by atoms with Gasteiger partial charge < -0.3 is 10.2 Å². The summed E-state index contributed by atoms with van der Waals surface area (Å²) in [6.07, 6.45) is 4.74. The van der Waals surface area contributed by atoms with E-state index >= 15 is 0 Å². The molecule has 1 N–H and O–H groups in total. The van der Waals surface area contributed by atoms with Crippen molar-refractivity contribution in [2.75, 3.05) is 31.6 Å². The van der Waals surface area contributed by atoms with Crippen LogP contribution in [0.4, 0.5) is 5.69 Å². The molecule has 1 aliphatic rings. The van der Waals surface area contributed by atoms with Gasteiger partial charge in [-0.05, 0) is 32.0 Å². The number of nitrogens with one attached hydrogen (secondary N) is 1. The maximum Gasteiger partial charge on any atom is 0.0822 e. The molecule has 1 unspecified atom stereocenters. The summed E-state index contributed by atoms with van der Waals surface area (Å²) in [5, 5.41) is 3.98. The molecule has 0 amide bonds. The highest BCUT2D eigenvalue weighted by molar-refractivity contribution is 6.33. The van der Waals surface area contributed by atoms with Gasteiger partial charge in [0.1, 0.15) is 0 Å². The van der Waals surface area contributed by atoms with Gasteiger partial charge in [-0.1, -0.05) is 11.6 Å². The molecule has 0 radical (unpaired) electrons. The maximum atomic E-state index is 6.11. The van der Waals surface area contributed by atoms with Crippen LogP contribution in [0.15, 0.2) is 18.5 Å². The molecule has 82 valence electrons. The summed E-state index contributed by atoms with van der Waals surface area (Å²) in [4.78, 5) is 6.34. The predicted octanol–water partition coefficient (Wildman–Crippen LogP) is 1.78. The zero-order valence-corrected chi connectivity index (χ0v) is 9.67. The largest absolute Gasteiger partial charge is 0.370 e. The molecule has 0 saturated carbocycles. The van der Waals surface area contributed by atoms with Crippen LogP contribution >= 0.6 is 11.6 Å². The van der Waals surface area contributed by atoms with E-state index in [9.17, 15) is 0 Å². The molecular weight excluding hydrogens is 210 g/mol. The number of pyridine rings is 1. The Labute approximate surface area is 95.4 Å². The highest BCUT2D eigenvalue weighted by Gasteiger charge is 2.23. The summed E-state index contributed by atoms with van der Waals surface area (Å²) in [5.74, 6) is 0.735. The van der Waals surface area contributed by atoms with Crippen LogP contribution in [0.5, 0.6) is 0 Å². The summed E-state index contributed by atoms with van der Waals surface area (Å²) in [5.41, 5.74) is 1.12. The number of anilines is 1. The van der Waals surface area contributed by atoms with Crippen LogP contribution in [0, 0.1) is 5.92 Å². The molecule has 3 nitrogen and oxygen atoms in total. The first-order valence-corrected chi connectivity index (χ1v) is 5.68. The van der Waals surface area contributed by atoms with Crippen molar-refractivity contribution in [3.8, 4) is 0 Å². The van der Waals surface area contributed by atoms with Crippen molar-refractivity contribution in [2.45, 2.75) is 6.42 Å². The van der Waals surface area contributed by atoms with Crippen molar-refractivity contribution in [3.05, 3.63) is 23.5 Å². The Morgan fingerprint density at radius 1 is 1.67 bits per heavy atom. The standard InChI is InChI=1S/C11H16ClN3/c1-13-6-9-3-5-15(8-9)11-2-4-14-7-10(11)12/h2,4,7,9,13H,3,5-6,8H2,1H3. The highest BCUT2D eigenvalue weighted by Crippen LogP contribution is 2.29. The summed E-state index contributed by atoms with van der Waals surface area (Å²) < 4.78 is 0. The summed E-state index contributed by atoms with van der Waals surface area (Å²) in [6.45, 7) is 3.26. The van der Waals surface area contributed by atoms with Crippen molar-refractivity contribution in [3.63, 3.8) is 0 Å². The van der Waals surface area contributed by atoms with Gasteiger partial charge in [0, 0.05) is 25.5 Å². The molecule has 1 saturated heterocycles. The second kappa shape index (κ2) is 4.81. The molecule has 2 rings (SSSR count). The van der Waals surface area contributed by atoms with Gasteiger partial charge in [-0.25, -0.2) is 0 Å². The van der Waals surface area contributed by atoms with E-state index in [0.717, 1.165) is 36.3 Å². The molecule has 4 heteroatoms. The number of hydrogen-bond donors (Lipinski definition) is 1. The Balaban J connectivity index is 2.04. The molecule has 2 heterocycles. The quantitative estimate of drug-likeness (QED) is 0.850. The predicted molar refractivity (Wildman–Crippen MR) is 63.5 cm³/mol. The van der Waals surface area contributed by atoms with E-state index in [1.54, 1.807) is 12.4 Å². The van der Waals surface area contributed by atoms with E-state index in [4.69, 9.17) is 11.6 Å². The van der Waals surface area contributed by atoms with Gasteiger partial charge in [-0.15, -0.1) is 0 Å². The molecular formula is C11H16ClN3. The number of halogens is 1. The van der Waals surface area contributed by atoms with Crippen LogP contribution in [-0.2, 0) is 0 Å². The van der Waals surface area contributed by atoms with Crippen molar-refractivity contribution in [1.82, 2.24) is 10.3 Å². The third kappa shape index (κ3) is 2.41. The average molecular weight is 226 g/mol. The molecule has 0 spiro atoms. The Kier molecular flexibility index (Phi) is 3.44. The lowest BCUT2D eigenvalue weighted by Crippen LogP contribution is -2.24. The van der Waals surface area contributed by atoms with Crippen molar-refractivity contribution < 1.29 is 0 Å². The zero-order chi connectivity index (χ0) is 10.7. The first-order valence-electron chi connectivity index (χ1n) is 5.30.